The summed E-state index contributed by atoms with van der Waals surface area (Å²) in [6.45, 7) is 5.65. The number of aromatic nitrogens is 3. The van der Waals surface area contributed by atoms with Gasteiger partial charge in [0.25, 0.3) is 0 Å². The molecule has 3 atom stereocenters. The molecule has 0 bridgehead atoms. The molecule has 0 aromatic carbocycles. The van der Waals surface area contributed by atoms with Crippen LogP contribution >= 0.6 is 24.0 Å². The molecule has 0 amide bonds. The summed E-state index contributed by atoms with van der Waals surface area (Å²) in [4.78, 5) is 4.74. The molecule has 1 aliphatic heterocycles. The molecule has 3 rings (SSSR count). The molecule has 8 nitrogen and oxygen atoms in total. The summed E-state index contributed by atoms with van der Waals surface area (Å²) >= 11 is 0. The standard InChI is InChI=1S/C18H32N6O2S.HI/c1-3-17-23-20-13-24(17)10-9-19-18(21-15-8-11-27(25,26)12-15)22-16-7-5-4-6-14(16)2;/h13-16H,3-12H2,1-2H3,(H2,19,21,22);1H. The van der Waals surface area contributed by atoms with Crippen LogP contribution in [0.3, 0.4) is 0 Å². The van der Waals surface area contributed by atoms with E-state index >= 15 is 0 Å². The van der Waals surface area contributed by atoms with E-state index in [0.29, 0.717) is 31.5 Å². The molecular formula is C18H33IN6O2S. The van der Waals surface area contributed by atoms with Gasteiger partial charge in [0.15, 0.2) is 15.8 Å². The van der Waals surface area contributed by atoms with Crippen molar-refractivity contribution in [3.8, 4) is 0 Å². The fourth-order valence-corrected chi connectivity index (χ4v) is 5.62. The van der Waals surface area contributed by atoms with Crippen molar-refractivity contribution in [2.24, 2.45) is 10.9 Å². The molecule has 1 saturated carbocycles. The molecule has 10 heteroatoms. The zero-order chi connectivity index (χ0) is 19.3. The quantitative estimate of drug-likeness (QED) is 0.334. The van der Waals surface area contributed by atoms with Crippen molar-refractivity contribution in [1.82, 2.24) is 25.4 Å². The number of nitrogens with zero attached hydrogens (tertiary/aromatic N) is 4. The first kappa shape index (κ1) is 23.4. The van der Waals surface area contributed by atoms with Crippen LogP contribution in [-0.2, 0) is 22.8 Å². The second-order valence-electron chi connectivity index (χ2n) is 7.78. The zero-order valence-electron chi connectivity index (χ0n) is 16.8. The third kappa shape index (κ3) is 6.57. The summed E-state index contributed by atoms with van der Waals surface area (Å²) in [5.41, 5.74) is 0. The van der Waals surface area contributed by atoms with Crippen LogP contribution in [0.25, 0.3) is 0 Å². The summed E-state index contributed by atoms with van der Waals surface area (Å²) in [5.74, 6) is 2.75. The lowest BCUT2D eigenvalue weighted by Gasteiger charge is -2.31. The van der Waals surface area contributed by atoms with Gasteiger partial charge < -0.3 is 15.2 Å². The van der Waals surface area contributed by atoms with Gasteiger partial charge in [0.1, 0.15) is 12.2 Å². The molecule has 160 valence electrons. The molecular weight excluding hydrogens is 491 g/mol. The van der Waals surface area contributed by atoms with Crippen LogP contribution in [0.4, 0.5) is 0 Å². The van der Waals surface area contributed by atoms with Gasteiger partial charge >= 0.3 is 0 Å². The highest BCUT2D eigenvalue weighted by atomic mass is 127. The number of nitrogens with one attached hydrogen (secondary N) is 2. The molecule has 1 saturated heterocycles. The third-order valence-corrected chi connectivity index (χ3v) is 7.40. The SMILES string of the molecule is CCc1nncn1CCN=C(NC1CCS(=O)(=O)C1)NC1CCCCC1C.I. The van der Waals surface area contributed by atoms with Crippen LogP contribution in [0.2, 0.25) is 0 Å². The number of aliphatic imine (C=N–C) groups is 1. The zero-order valence-corrected chi connectivity index (χ0v) is 19.9. The predicted octanol–water partition coefficient (Wildman–Crippen LogP) is 1.76. The van der Waals surface area contributed by atoms with Crippen molar-refractivity contribution < 1.29 is 8.42 Å². The predicted molar refractivity (Wildman–Crippen MR) is 122 cm³/mol. The lowest BCUT2D eigenvalue weighted by Crippen LogP contribution is -2.50. The van der Waals surface area contributed by atoms with Crippen molar-refractivity contribution in [2.75, 3.05) is 18.1 Å². The number of sulfone groups is 1. The fourth-order valence-electron chi connectivity index (χ4n) is 3.95. The van der Waals surface area contributed by atoms with E-state index in [1.807, 2.05) is 4.57 Å². The van der Waals surface area contributed by atoms with Gasteiger partial charge in [-0.25, -0.2) is 8.42 Å². The average Bonchev–Trinajstić information content (AvgIpc) is 3.22. The normalized spacial score (nSPS) is 27.2. The first-order valence-corrected chi connectivity index (χ1v) is 11.9. The van der Waals surface area contributed by atoms with Crippen molar-refractivity contribution in [1.29, 1.82) is 0 Å². The fraction of sp³-hybridized carbons (Fsp3) is 0.833. The highest BCUT2D eigenvalue weighted by molar-refractivity contribution is 14.0. The maximum atomic E-state index is 11.8. The van der Waals surface area contributed by atoms with E-state index in [2.05, 4.69) is 34.7 Å². The minimum Gasteiger partial charge on any atom is -0.353 e. The molecule has 0 spiro atoms. The van der Waals surface area contributed by atoms with E-state index in [-0.39, 0.29) is 41.5 Å². The van der Waals surface area contributed by atoms with Gasteiger partial charge in [0.2, 0.25) is 0 Å². The smallest absolute Gasteiger partial charge is 0.191 e. The molecule has 2 fully saturated rings. The molecule has 2 N–H and O–H groups in total. The Morgan fingerprint density at radius 2 is 2.07 bits per heavy atom. The second kappa shape index (κ2) is 10.7. The Kier molecular flexibility index (Phi) is 8.97. The summed E-state index contributed by atoms with van der Waals surface area (Å²) < 4.78 is 25.6. The Morgan fingerprint density at radius 3 is 2.75 bits per heavy atom. The maximum Gasteiger partial charge on any atom is 0.191 e. The number of rotatable bonds is 6. The van der Waals surface area contributed by atoms with Crippen molar-refractivity contribution in [2.45, 2.75) is 71.0 Å². The minimum atomic E-state index is -2.92. The van der Waals surface area contributed by atoms with Gasteiger partial charge in [-0.05, 0) is 25.2 Å². The van der Waals surface area contributed by atoms with E-state index in [9.17, 15) is 8.42 Å². The molecule has 2 aliphatic rings. The van der Waals surface area contributed by atoms with Crippen molar-refractivity contribution >= 4 is 39.8 Å². The topological polar surface area (TPSA) is 101 Å². The van der Waals surface area contributed by atoms with Crippen LogP contribution in [0.15, 0.2) is 11.3 Å². The van der Waals surface area contributed by atoms with Crippen molar-refractivity contribution in [3.63, 3.8) is 0 Å². The van der Waals surface area contributed by atoms with E-state index in [0.717, 1.165) is 24.6 Å². The molecule has 1 aromatic heterocycles. The monoisotopic (exact) mass is 524 g/mol. The highest BCUT2D eigenvalue weighted by Gasteiger charge is 2.29. The van der Waals surface area contributed by atoms with Gasteiger partial charge in [-0.3, -0.25) is 4.99 Å². The van der Waals surface area contributed by atoms with Gasteiger partial charge in [-0.15, -0.1) is 34.2 Å². The van der Waals surface area contributed by atoms with Crippen LogP contribution in [0, 0.1) is 5.92 Å². The Labute approximate surface area is 185 Å². The molecule has 1 aromatic rings. The van der Waals surface area contributed by atoms with Crippen molar-refractivity contribution in [3.05, 3.63) is 12.2 Å². The summed E-state index contributed by atoms with van der Waals surface area (Å²) in [6, 6.07) is 0.338. The van der Waals surface area contributed by atoms with Gasteiger partial charge in [-0.1, -0.05) is 26.7 Å². The molecule has 0 radical (unpaired) electrons. The first-order chi connectivity index (χ1) is 13.0. The van der Waals surface area contributed by atoms with Crippen LogP contribution in [0.5, 0.6) is 0 Å². The van der Waals surface area contributed by atoms with Gasteiger partial charge in [0, 0.05) is 25.0 Å². The number of aryl methyl sites for hydroxylation is 1. The molecule has 2 heterocycles. The Morgan fingerprint density at radius 1 is 1.29 bits per heavy atom. The molecule has 1 aliphatic carbocycles. The number of hydrogen-bond acceptors (Lipinski definition) is 5. The summed E-state index contributed by atoms with van der Waals surface area (Å²) in [6.07, 6.45) is 8.10. The first-order valence-electron chi connectivity index (χ1n) is 10.1. The van der Waals surface area contributed by atoms with Crippen LogP contribution < -0.4 is 10.6 Å². The average molecular weight is 524 g/mol. The lowest BCUT2D eigenvalue weighted by molar-refractivity contribution is 0.306. The maximum absolute atomic E-state index is 11.8. The van der Waals surface area contributed by atoms with Crippen LogP contribution in [-0.4, -0.2) is 59.3 Å². The van der Waals surface area contributed by atoms with Gasteiger partial charge in [0.05, 0.1) is 18.1 Å². The Balaban J connectivity index is 0.00000280. The third-order valence-electron chi connectivity index (χ3n) is 5.63. The second-order valence-corrected chi connectivity index (χ2v) is 10.0. The molecule has 28 heavy (non-hydrogen) atoms. The van der Waals surface area contributed by atoms with Gasteiger partial charge in [-0.2, -0.15) is 0 Å². The summed E-state index contributed by atoms with van der Waals surface area (Å²) in [7, 11) is -2.92. The number of halogens is 1. The van der Waals surface area contributed by atoms with Crippen LogP contribution in [0.1, 0.15) is 51.8 Å². The van der Waals surface area contributed by atoms with E-state index < -0.39 is 9.84 Å². The largest absolute Gasteiger partial charge is 0.353 e. The number of hydrogen-bond donors (Lipinski definition) is 2. The van der Waals surface area contributed by atoms with E-state index in [1.54, 1.807) is 6.33 Å². The highest BCUT2D eigenvalue weighted by Crippen LogP contribution is 2.23. The van der Waals surface area contributed by atoms with E-state index in [1.165, 1.54) is 19.3 Å². The van der Waals surface area contributed by atoms with E-state index in [4.69, 9.17) is 4.99 Å². The lowest BCUT2D eigenvalue weighted by atomic mass is 9.86. The number of guanidine groups is 1. The summed E-state index contributed by atoms with van der Waals surface area (Å²) in [5, 5.41) is 15.0. The Hall–Kier alpha value is -0.910. The minimum absolute atomic E-state index is 0. The Bertz CT molecular complexity index is 751. The molecule has 3 unspecified atom stereocenters.